The molecule has 0 radical (unpaired) electrons. The van der Waals surface area contributed by atoms with Gasteiger partial charge in [-0.3, -0.25) is 4.79 Å². The highest BCUT2D eigenvalue weighted by atomic mass is 16.2. The number of amides is 1. The first-order chi connectivity index (χ1) is 10.3. The van der Waals surface area contributed by atoms with E-state index in [9.17, 15) is 4.79 Å². The van der Waals surface area contributed by atoms with Gasteiger partial charge in [-0.15, -0.1) is 0 Å². The lowest BCUT2D eigenvalue weighted by Crippen LogP contribution is -2.45. The molecule has 1 N–H and O–H groups in total. The summed E-state index contributed by atoms with van der Waals surface area (Å²) in [6.07, 6.45) is 6.99. The second-order valence-corrected chi connectivity index (χ2v) is 6.00. The number of rotatable bonds is 6. The molecule has 2 rings (SSSR count). The molecule has 1 aliphatic heterocycles. The molecule has 0 aromatic heterocycles. The Morgan fingerprint density at radius 2 is 1.81 bits per heavy atom. The van der Waals surface area contributed by atoms with Crippen LogP contribution in [-0.2, 0) is 11.2 Å². The standard InChI is InChI=1S/C18H28N2O/c1-16(18(21)20-14-7-2-3-8-15-20)19-13-9-12-17-10-5-4-6-11-17/h4-6,10-11,16,19H,2-3,7-9,12-15H2,1H3. The van der Waals surface area contributed by atoms with Crippen molar-refractivity contribution in [2.24, 2.45) is 0 Å². The van der Waals surface area contributed by atoms with Crippen LogP contribution in [0.2, 0.25) is 0 Å². The first kappa shape index (κ1) is 16.0. The van der Waals surface area contributed by atoms with Gasteiger partial charge in [-0.05, 0) is 44.7 Å². The summed E-state index contributed by atoms with van der Waals surface area (Å²) in [5.41, 5.74) is 1.37. The van der Waals surface area contributed by atoms with Crippen LogP contribution < -0.4 is 5.32 Å². The van der Waals surface area contributed by atoms with E-state index in [4.69, 9.17) is 0 Å². The van der Waals surface area contributed by atoms with E-state index in [1.165, 1.54) is 18.4 Å². The van der Waals surface area contributed by atoms with Gasteiger partial charge in [-0.2, -0.15) is 0 Å². The first-order valence-electron chi connectivity index (χ1n) is 8.33. The highest BCUT2D eigenvalue weighted by Crippen LogP contribution is 2.10. The molecule has 1 fully saturated rings. The summed E-state index contributed by atoms with van der Waals surface area (Å²) in [5, 5.41) is 3.38. The van der Waals surface area contributed by atoms with Crippen LogP contribution in [-0.4, -0.2) is 36.5 Å². The topological polar surface area (TPSA) is 32.3 Å². The zero-order valence-corrected chi connectivity index (χ0v) is 13.2. The lowest BCUT2D eigenvalue weighted by molar-refractivity contribution is -0.133. The second-order valence-electron chi connectivity index (χ2n) is 6.00. The summed E-state index contributed by atoms with van der Waals surface area (Å²) in [6.45, 7) is 4.77. The van der Waals surface area contributed by atoms with Gasteiger partial charge in [0.15, 0.2) is 0 Å². The van der Waals surface area contributed by atoms with Gasteiger partial charge in [0.05, 0.1) is 6.04 Å². The summed E-state index contributed by atoms with van der Waals surface area (Å²) in [6, 6.07) is 10.5. The number of hydrogen-bond acceptors (Lipinski definition) is 2. The molecule has 21 heavy (non-hydrogen) atoms. The smallest absolute Gasteiger partial charge is 0.239 e. The fraction of sp³-hybridized carbons (Fsp3) is 0.611. The van der Waals surface area contributed by atoms with Crippen LogP contribution in [0.4, 0.5) is 0 Å². The van der Waals surface area contributed by atoms with Crippen molar-refractivity contribution in [3.8, 4) is 0 Å². The molecule has 0 bridgehead atoms. The van der Waals surface area contributed by atoms with E-state index in [1.807, 2.05) is 17.9 Å². The van der Waals surface area contributed by atoms with Gasteiger partial charge in [-0.25, -0.2) is 0 Å². The average Bonchev–Trinajstić information content (AvgIpc) is 2.81. The first-order valence-corrected chi connectivity index (χ1v) is 8.33. The van der Waals surface area contributed by atoms with Crippen molar-refractivity contribution in [1.29, 1.82) is 0 Å². The lowest BCUT2D eigenvalue weighted by atomic mass is 10.1. The maximum Gasteiger partial charge on any atom is 0.239 e. The van der Waals surface area contributed by atoms with Gasteiger partial charge in [0, 0.05) is 13.1 Å². The summed E-state index contributed by atoms with van der Waals surface area (Å²) in [4.78, 5) is 14.4. The van der Waals surface area contributed by atoms with Crippen molar-refractivity contribution in [2.75, 3.05) is 19.6 Å². The molecular formula is C18H28N2O. The lowest BCUT2D eigenvalue weighted by Gasteiger charge is -2.24. The van der Waals surface area contributed by atoms with Crippen molar-refractivity contribution in [3.05, 3.63) is 35.9 Å². The zero-order chi connectivity index (χ0) is 14.9. The Bertz CT molecular complexity index is 410. The van der Waals surface area contributed by atoms with Crippen molar-refractivity contribution in [3.63, 3.8) is 0 Å². The Kier molecular flexibility index (Phi) is 6.74. The summed E-state index contributed by atoms with van der Waals surface area (Å²) in [5.74, 6) is 0.275. The Labute approximate surface area is 128 Å². The van der Waals surface area contributed by atoms with Crippen molar-refractivity contribution < 1.29 is 4.79 Å². The molecular weight excluding hydrogens is 260 g/mol. The van der Waals surface area contributed by atoms with E-state index < -0.39 is 0 Å². The number of hydrogen-bond donors (Lipinski definition) is 1. The molecule has 1 unspecified atom stereocenters. The summed E-state index contributed by atoms with van der Waals surface area (Å²) in [7, 11) is 0. The fourth-order valence-corrected chi connectivity index (χ4v) is 2.91. The van der Waals surface area contributed by atoms with E-state index in [1.54, 1.807) is 0 Å². The summed E-state index contributed by atoms with van der Waals surface area (Å²) < 4.78 is 0. The van der Waals surface area contributed by atoms with E-state index >= 15 is 0 Å². The number of carbonyl (C=O) groups is 1. The zero-order valence-electron chi connectivity index (χ0n) is 13.2. The molecule has 0 spiro atoms. The molecule has 3 nitrogen and oxygen atoms in total. The van der Waals surface area contributed by atoms with Gasteiger partial charge < -0.3 is 10.2 Å². The third kappa shape index (κ3) is 5.50. The Balaban J connectivity index is 1.66. The van der Waals surface area contributed by atoms with E-state index in [-0.39, 0.29) is 11.9 Å². The number of likely N-dealkylation sites (tertiary alicyclic amines) is 1. The maximum atomic E-state index is 12.4. The molecule has 116 valence electrons. The van der Waals surface area contributed by atoms with Gasteiger partial charge in [-0.1, -0.05) is 43.2 Å². The molecule has 3 heteroatoms. The number of benzene rings is 1. The van der Waals surface area contributed by atoms with Crippen LogP contribution in [0.5, 0.6) is 0 Å². The van der Waals surface area contributed by atoms with Crippen molar-refractivity contribution in [1.82, 2.24) is 10.2 Å². The number of nitrogens with one attached hydrogen (secondary N) is 1. The molecule has 0 saturated carbocycles. The van der Waals surface area contributed by atoms with Crippen LogP contribution in [0.3, 0.4) is 0 Å². The number of carbonyl (C=O) groups excluding carboxylic acids is 1. The van der Waals surface area contributed by atoms with Crippen molar-refractivity contribution in [2.45, 2.75) is 51.5 Å². The number of aryl methyl sites for hydroxylation is 1. The van der Waals surface area contributed by atoms with Gasteiger partial charge in [0.25, 0.3) is 0 Å². The Morgan fingerprint density at radius 3 is 2.48 bits per heavy atom. The van der Waals surface area contributed by atoms with Gasteiger partial charge in [0.2, 0.25) is 5.91 Å². The molecule has 0 aliphatic carbocycles. The van der Waals surface area contributed by atoms with Crippen LogP contribution in [0.25, 0.3) is 0 Å². The van der Waals surface area contributed by atoms with Crippen LogP contribution in [0.1, 0.15) is 44.6 Å². The average molecular weight is 288 g/mol. The monoisotopic (exact) mass is 288 g/mol. The predicted molar refractivity (Wildman–Crippen MR) is 87.3 cm³/mol. The molecule has 1 aromatic carbocycles. The molecule has 1 atom stereocenters. The highest BCUT2D eigenvalue weighted by molar-refractivity contribution is 5.81. The minimum Gasteiger partial charge on any atom is -0.341 e. The van der Waals surface area contributed by atoms with Crippen LogP contribution in [0, 0.1) is 0 Å². The highest BCUT2D eigenvalue weighted by Gasteiger charge is 2.20. The largest absolute Gasteiger partial charge is 0.341 e. The molecule has 1 saturated heterocycles. The quantitative estimate of drug-likeness (QED) is 0.816. The van der Waals surface area contributed by atoms with Crippen LogP contribution >= 0.6 is 0 Å². The van der Waals surface area contributed by atoms with E-state index in [0.29, 0.717) is 0 Å². The van der Waals surface area contributed by atoms with E-state index in [2.05, 4.69) is 29.6 Å². The van der Waals surface area contributed by atoms with Gasteiger partial charge >= 0.3 is 0 Å². The molecule has 1 aliphatic rings. The number of nitrogens with zero attached hydrogens (tertiary/aromatic N) is 1. The Hall–Kier alpha value is -1.35. The third-order valence-corrected chi connectivity index (χ3v) is 4.22. The molecule has 1 aromatic rings. The minimum absolute atomic E-state index is 0.0566. The molecule has 1 heterocycles. The fourth-order valence-electron chi connectivity index (χ4n) is 2.91. The minimum atomic E-state index is -0.0566. The predicted octanol–water partition coefficient (Wildman–Crippen LogP) is 3.00. The third-order valence-electron chi connectivity index (χ3n) is 4.22. The van der Waals surface area contributed by atoms with Gasteiger partial charge in [0.1, 0.15) is 0 Å². The maximum absolute atomic E-state index is 12.4. The second kappa shape index (κ2) is 8.83. The SMILES string of the molecule is CC(NCCCc1ccccc1)C(=O)N1CCCCCC1. The normalized spacial score (nSPS) is 17.3. The van der Waals surface area contributed by atoms with E-state index in [0.717, 1.165) is 45.3 Å². The Morgan fingerprint density at radius 1 is 1.14 bits per heavy atom. The summed E-state index contributed by atoms with van der Waals surface area (Å²) >= 11 is 0. The van der Waals surface area contributed by atoms with Crippen molar-refractivity contribution >= 4 is 5.91 Å². The molecule has 1 amide bonds. The van der Waals surface area contributed by atoms with Crippen LogP contribution in [0.15, 0.2) is 30.3 Å².